The molecule has 0 aliphatic rings. The molecule has 5 nitrogen and oxygen atoms in total. The van der Waals surface area contributed by atoms with Crippen molar-refractivity contribution in [2.75, 3.05) is 0 Å². The van der Waals surface area contributed by atoms with Gasteiger partial charge in [0.05, 0.1) is 16.4 Å². The van der Waals surface area contributed by atoms with E-state index in [-0.39, 0.29) is 0 Å². The fraction of sp³-hybridized carbons (Fsp3) is 0.333. The number of thioether (sulfide) groups is 1. The third kappa shape index (κ3) is 3.53. The molecule has 0 atom stereocenters. The molecule has 0 unspecified atom stereocenters. The molecule has 0 radical (unpaired) electrons. The molecule has 114 valence electrons. The van der Waals surface area contributed by atoms with E-state index in [9.17, 15) is 0 Å². The van der Waals surface area contributed by atoms with Crippen LogP contribution in [0.4, 0.5) is 0 Å². The Morgan fingerprint density at radius 2 is 2.23 bits per heavy atom. The second kappa shape index (κ2) is 7.02. The van der Waals surface area contributed by atoms with Gasteiger partial charge in [-0.1, -0.05) is 30.8 Å². The van der Waals surface area contributed by atoms with E-state index in [2.05, 4.69) is 51.9 Å². The van der Waals surface area contributed by atoms with Crippen molar-refractivity contribution < 1.29 is 0 Å². The zero-order valence-corrected chi connectivity index (χ0v) is 14.2. The molecule has 0 aliphatic heterocycles. The molecule has 22 heavy (non-hydrogen) atoms. The first-order valence-corrected chi connectivity index (χ1v) is 9.04. The molecule has 0 bridgehead atoms. The van der Waals surface area contributed by atoms with Crippen LogP contribution < -0.4 is 0 Å². The summed E-state index contributed by atoms with van der Waals surface area (Å²) in [6.45, 7) is 4.23. The number of benzene rings is 1. The highest BCUT2D eigenvalue weighted by molar-refractivity contribution is 7.98. The summed E-state index contributed by atoms with van der Waals surface area (Å²) in [6, 6.07) is 8.15. The van der Waals surface area contributed by atoms with Crippen molar-refractivity contribution in [3.63, 3.8) is 0 Å². The molecular formula is C15H17N5S2. The number of thiazole rings is 1. The number of hydrogen-bond acceptors (Lipinski definition) is 6. The highest BCUT2D eigenvalue weighted by Gasteiger charge is 2.10. The highest BCUT2D eigenvalue weighted by Crippen LogP contribution is 2.24. The molecule has 0 fully saturated rings. The van der Waals surface area contributed by atoms with Crippen LogP contribution >= 0.6 is 23.1 Å². The molecule has 0 saturated carbocycles. The first-order valence-electron chi connectivity index (χ1n) is 7.17. The Balaban J connectivity index is 1.72. The average molecular weight is 331 g/mol. The quantitative estimate of drug-likeness (QED) is 0.645. The van der Waals surface area contributed by atoms with Gasteiger partial charge >= 0.3 is 0 Å². The number of aromatic nitrogens is 5. The summed E-state index contributed by atoms with van der Waals surface area (Å²) < 4.78 is 1.77. The van der Waals surface area contributed by atoms with E-state index in [1.807, 2.05) is 12.1 Å². The average Bonchev–Trinajstić information content (AvgIpc) is 3.14. The van der Waals surface area contributed by atoms with Gasteiger partial charge in [-0.05, 0) is 47.9 Å². The van der Waals surface area contributed by atoms with Crippen LogP contribution in [0, 0.1) is 6.92 Å². The minimum Gasteiger partial charge on any atom is -0.245 e. The van der Waals surface area contributed by atoms with E-state index >= 15 is 0 Å². The van der Waals surface area contributed by atoms with Crippen LogP contribution in [0.1, 0.15) is 29.6 Å². The minimum atomic E-state index is 0.784. The fourth-order valence-corrected chi connectivity index (χ4v) is 3.86. The molecule has 0 N–H and O–H groups in total. The van der Waals surface area contributed by atoms with Crippen molar-refractivity contribution in [1.82, 2.24) is 25.2 Å². The lowest BCUT2D eigenvalue weighted by Crippen LogP contribution is -1.99. The number of aryl methyl sites for hydroxylation is 2. The van der Waals surface area contributed by atoms with Crippen LogP contribution in [0.5, 0.6) is 0 Å². The van der Waals surface area contributed by atoms with Crippen LogP contribution in [0.25, 0.3) is 5.69 Å². The van der Waals surface area contributed by atoms with Gasteiger partial charge in [-0.2, -0.15) is 4.68 Å². The molecule has 0 amide bonds. The number of rotatable bonds is 6. The van der Waals surface area contributed by atoms with Gasteiger partial charge in [0.25, 0.3) is 0 Å². The maximum Gasteiger partial charge on any atom is 0.214 e. The van der Waals surface area contributed by atoms with E-state index in [1.54, 1.807) is 27.8 Å². The Hall–Kier alpha value is -1.73. The first kappa shape index (κ1) is 15.2. The topological polar surface area (TPSA) is 56.5 Å². The minimum absolute atomic E-state index is 0.784. The van der Waals surface area contributed by atoms with E-state index in [0.29, 0.717) is 0 Å². The smallest absolute Gasteiger partial charge is 0.214 e. The van der Waals surface area contributed by atoms with Crippen molar-refractivity contribution in [3.05, 3.63) is 45.9 Å². The predicted octanol–water partition coefficient (Wildman–Crippen LogP) is 3.67. The molecule has 7 heteroatoms. The van der Waals surface area contributed by atoms with Gasteiger partial charge in [0.15, 0.2) is 0 Å². The predicted molar refractivity (Wildman–Crippen MR) is 89.6 cm³/mol. The largest absolute Gasteiger partial charge is 0.245 e. The van der Waals surface area contributed by atoms with Crippen LogP contribution in [-0.2, 0) is 12.2 Å². The second-order valence-corrected chi connectivity index (χ2v) is 6.87. The molecule has 2 aromatic heterocycles. The SMILES string of the molecule is CCCc1nc(CSc2nnnn2-c2cccc(C)c2)cs1. The Morgan fingerprint density at radius 1 is 1.32 bits per heavy atom. The van der Waals surface area contributed by atoms with Crippen LogP contribution in [-0.4, -0.2) is 25.2 Å². The summed E-state index contributed by atoms with van der Waals surface area (Å²) in [4.78, 5) is 4.64. The highest BCUT2D eigenvalue weighted by atomic mass is 32.2. The summed E-state index contributed by atoms with van der Waals surface area (Å²) >= 11 is 3.34. The van der Waals surface area contributed by atoms with E-state index in [0.717, 1.165) is 35.1 Å². The lowest BCUT2D eigenvalue weighted by molar-refractivity contribution is 0.755. The third-order valence-corrected chi connectivity index (χ3v) is 5.01. The van der Waals surface area contributed by atoms with Crippen molar-refractivity contribution in [1.29, 1.82) is 0 Å². The number of nitrogens with zero attached hydrogens (tertiary/aromatic N) is 5. The Labute approximate surface area is 137 Å². The van der Waals surface area contributed by atoms with Crippen molar-refractivity contribution in [2.24, 2.45) is 0 Å². The van der Waals surface area contributed by atoms with Gasteiger partial charge in [0.2, 0.25) is 5.16 Å². The van der Waals surface area contributed by atoms with E-state index in [4.69, 9.17) is 0 Å². The van der Waals surface area contributed by atoms with Gasteiger partial charge in [0, 0.05) is 11.1 Å². The lowest BCUT2D eigenvalue weighted by atomic mass is 10.2. The van der Waals surface area contributed by atoms with Gasteiger partial charge in [0.1, 0.15) is 0 Å². The zero-order chi connectivity index (χ0) is 15.4. The molecular weight excluding hydrogens is 314 g/mol. The Kier molecular flexibility index (Phi) is 4.84. The second-order valence-electron chi connectivity index (χ2n) is 4.98. The van der Waals surface area contributed by atoms with Crippen molar-refractivity contribution >= 4 is 23.1 Å². The molecule has 1 aromatic carbocycles. The fourth-order valence-electron chi connectivity index (χ4n) is 2.07. The summed E-state index contributed by atoms with van der Waals surface area (Å²) in [5.41, 5.74) is 3.27. The van der Waals surface area contributed by atoms with E-state index < -0.39 is 0 Å². The monoisotopic (exact) mass is 331 g/mol. The molecule has 0 saturated heterocycles. The third-order valence-electron chi connectivity index (χ3n) is 3.10. The summed E-state index contributed by atoms with van der Waals surface area (Å²) in [7, 11) is 0. The van der Waals surface area contributed by atoms with Crippen LogP contribution in [0.15, 0.2) is 34.8 Å². The molecule has 0 aliphatic carbocycles. The van der Waals surface area contributed by atoms with Gasteiger partial charge in [-0.3, -0.25) is 0 Å². The first-order chi connectivity index (χ1) is 10.8. The molecule has 2 heterocycles. The summed E-state index contributed by atoms with van der Waals surface area (Å²) in [5, 5.41) is 16.1. The van der Waals surface area contributed by atoms with Gasteiger partial charge < -0.3 is 0 Å². The Morgan fingerprint density at radius 3 is 3.05 bits per heavy atom. The lowest BCUT2D eigenvalue weighted by Gasteiger charge is -2.04. The van der Waals surface area contributed by atoms with Crippen LogP contribution in [0.3, 0.4) is 0 Å². The Bertz CT molecular complexity index is 750. The van der Waals surface area contributed by atoms with Crippen LogP contribution in [0.2, 0.25) is 0 Å². The maximum absolute atomic E-state index is 4.64. The summed E-state index contributed by atoms with van der Waals surface area (Å²) in [6.07, 6.45) is 2.18. The maximum atomic E-state index is 4.64. The van der Waals surface area contributed by atoms with Gasteiger partial charge in [-0.15, -0.1) is 16.4 Å². The van der Waals surface area contributed by atoms with Gasteiger partial charge in [-0.25, -0.2) is 4.98 Å². The van der Waals surface area contributed by atoms with Crippen molar-refractivity contribution in [2.45, 2.75) is 37.6 Å². The molecule has 3 rings (SSSR count). The van der Waals surface area contributed by atoms with E-state index in [1.165, 1.54) is 10.6 Å². The molecule has 0 spiro atoms. The number of hydrogen-bond donors (Lipinski definition) is 0. The zero-order valence-electron chi connectivity index (χ0n) is 12.6. The number of tetrazole rings is 1. The normalized spacial score (nSPS) is 11.0. The molecule has 3 aromatic rings. The van der Waals surface area contributed by atoms with Crippen molar-refractivity contribution in [3.8, 4) is 5.69 Å². The summed E-state index contributed by atoms with van der Waals surface area (Å²) in [5.74, 6) is 0.784. The standard InChI is InChI=1S/C15H17N5S2/c1-3-5-14-16-12(9-21-14)10-22-15-17-18-19-20(15)13-7-4-6-11(2)8-13/h4,6-9H,3,5,10H2,1-2H3.